The molecule has 2 N–H and O–H groups in total. The van der Waals surface area contributed by atoms with Crippen molar-refractivity contribution in [2.24, 2.45) is 0 Å². The minimum atomic E-state index is 0.0641. The van der Waals surface area contributed by atoms with Gasteiger partial charge in [0, 0.05) is 30.9 Å². The Hall–Kier alpha value is -1.39. The summed E-state index contributed by atoms with van der Waals surface area (Å²) in [5.74, 6) is 0.0641. The molecule has 4 heteroatoms. The predicted octanol–water partition coefficient (Wildman–Crippen LogP) is 1.92. The number of anilines is 1. The van der Waals surface area contributed by atoms with Crippen molar-refractivity contribution in [1.29, 1.82) is 0 Å². The van der Waals surface area contributed by atoms with Crippen LogP contribution in [0.2, 0.25) is 0 Å². The third-order valence-electron chi connectivity index (χ3n) is 4.03. The summed E-state index contributed by atoms with van der Waals surface area (Å²) in [5.41, 5.74) is 3.33. The van der Waals surface area contributed by atoms with Gasteiger partial charge >= 0.3 is 0 Å². The number of nitrogens with one attached hydrogen (secondary N) is 2. The van der Waals surface area contributed by atoms with E-state index in [0.717, 1.165) is 18.8 Å². The van der Waals surface area contributed by atoms with Crippen molar-refractivity contribution in [3.8, 4) is 0 Å². The summed E-state index contributed by atoms with van der Waals surface area (Å²) in [5, 5.41) is 6.42. The van der Waals surface area contributed by atoms with Gasteiger partial charge in [0.2, 0.25) is 5.91 Å². The Balaban J connectivity index is 1.93. The van der Waals surface area contributed by atoms with E-state index in [9.17, 15) is 4.79 Å². The summed E-state index contributed by atoms with van der Waals surface area (Å²) in [7, 11) is 0. The number of carbonyl (C=O) groups excluding carboxylic acids is 1. The Morgan fingerprint density at radius 2 is 2.10 bits per heavy atom. The zero-order chi connectivity index (χ0) is 14.7. The molecule has 1 aromatic rings. The van der Waals surface area contributed by atoms with Crippen LogP contribution in [-0.4, -0.2) is 42.5 Å². The first-order valence-corrected chi connectivity index (χ1v) is 7.30. The second-order valence-corrected chi connectivity index (χ2v) is 5.93. The van der Waals surface area contributed by atoms with Crippen molar-refractivity contribution < 1.29 is 4.79 Å². The van der Waals surface area contributed by atoms with E-state index in [0.29, 0.717) is 18.6 Å². The lowest BCUT2D eigenvalue weighted by atomic mass is 10.1. The fraction of sp³-hybridized carbons (Fsp3) is 0.562. The largest absolute Gasteiger partial charge is 0.325 e. The first kappa shape index (κ1) is 15.0. The average molecular weight is 275 g/mol. The lowest BCUT2D eigenvalue weighted by Gasteiger charge is -2.36. The van der Waals surface area contributed by atoms with E-state index in [1.54, 1.807) is 0 Å². The van der Waals surface area contributed by atoms with Gasteiger partial charge in [-0.25, -0.2) is 0 Å². The van der Waals surface area contributed by atoms with Gasteiger partial charge in [-0.15, -0.1) is 0 Å². The molecule has 1 heterocycles. The molecular weight excluding hydrogens is 250 g/mol. The maximum atomic E-state index is 12.2. The van der Waals surface area contributed by atoms with Gasteiger partial charge in [0.05, 0.1) is 6.54 Å². The van der Waals surface area contributed by atoms with Crippen molar-refractivity contribution >= 4 is 11.6 Å². The van der Waals surface area contributed by atoms with Crippen LogP contribution >= 0.6 is 0 Å². The van der Waals surface area contributed by atoms with Crippen LogP contribution in [-0.2, 0) is 4.79 Å². The van der Waals surface area contributed by atoms with E-state index in [1.165, 1.54) is 11.1 Å². The summed E-state index contributed by atoms with van der Waals surface area (Å²) >= 11 is 0. The monoisotopic (exact) mass is 275 g/mol. The van der Waals surface area contributed by atoms with Gasteiger partial charge in [-0.1, -0.05) is 6.07 Å². The normalized spacial score (nSPS) is 23.6. The van der Waals surface area contributed by atoms with E-state index in [1.807, 2.05) is 18.2 Å². The van der Waals surface area contributed by atoms with Crippen LogP contribution < -0.4 is 10.6 Å². The van der Waals surface area contributed by atoms with Crippen molar-refractivity contribution in [3.63, 3.8) is 0 Å². The molecule has 0 bridgehead atoms. The molecule has 1 amide bonds. The Morgan fingerprint density at radius 1 is 1.35 bits per heavy atom. The molecule has 20 heavy (non-hydrogen) atoms. The standard InChI is InChI=1S/C16H25N3O/c1-11-5-6-15(7-12(11)2)18-16(20)10-19-9-13(3)17-8-14(19)4/h5-7,13-14,17H,8-10H2,1-4H3,(H,18,20). The highest BCUT2D eigenvalue weighted by Crippen LogP contribution is 2.14. The number of hydrogen-bond acceptors (Lipinski definition) is 3. The molecule has 1 saturated heterocycles. The number of benzene rings is 1. The van der Waals surface area contributed by atoms with Crippen LogP contribution in [0.25, 0.3) is 0 Å². The molecule has 1 aliphatic heterocycles. The maximum Gasteiger partial charge on any atom is 0.238 e. The summed E-state index contributed by atoms with van der Waals surface area (Å²) in [4.78, 5) is 14.4. The molecule has 1 fully saturated rings. The molecule has 0 saturated carbocycles. The number of aryl methyl sites for hydroxylation is 2. The van der Waals surface area contributed by atoms with E-state index in [-0.39, 0.29) is 5.91 Å². The van der Waals surface area contributed by atoms with E-state index in [4.69, 9.17) is 0 Å². The minimum absolute atomic E-state index is 0.0641. The molecular formula is C16H25N3O. The zero-order valence-electron chi connectivity index (χ0n) is 12.9. The Kier molecular flexibility index (Phi) is 4.78. The first-order chi connectivity index (χ1) is 9.45. The van der Waals surface area contributed by atoms with Crippen LogP contribution in [0.15, 0.2) is 18.2 Å². The number of carbonyl (C=O) groups is 1. The summed E-state index contributed by atoms with van der Waals surface area (Å²) in [6.45, 7) is 10.8. The van der Waals surface area contributed by atoms with E-state index < -0.39 is 0 Å². The SMILES string of the molecule is Cc1ccc(NC(=O)CN2CC(C)NCC2C)cc1C. The third-order valence-corrected chi connectivity index (χ3v) is 4.03. The molecule has 0 aliphatic carbocycles. The molecule has 1 aliphatic rings. The molecule has 4 nitrogen and oxygen atoms in total. The molecule has 0 radical (unpaired) electrons. The van der Waals surface area contributed by atoms with Crippen LogP contribution in [0.4, 0.5) is 5.69 Å². The van der Waals surface area contributed by atoms with Gasteiger partial charge in [0.25, 0.3) is 0 Å². The van der Waals surface area contributed by atoms with Gasteiger partial charge < -0.3 is 10.6 Å². The fourth-order valence-electron chi connectivity index (χ4n) is 2.52. The Bertz CT molecular complexity index is 487. The van der Waals surface area contributed by atoms with E-state index >= 15 is 0 Å². The van der Waals surface area contributed by atoms with Crippen LogP contribution in [0.1, 0.15) is 25.0 Å². The number of amides is 1. The topological polar surface area (TPSA) is 44.4 Å². The third kappa shape index (κ3) is 3.81. The second-order valence-electron chi connectivity index (χ2n) is 5.93. The molecule has 2 rings (SSSR count). The maximum absolute atomic E-state index is 12.2. The summed E-state index contributed by atoms with van der Waals surface area (Å²) in [6, 6.07) is 6.87. The molecule has 0 aromatic heterocycles. The summed E-state index contributed by atoms with van der Waals surface area (Å²) in [6.07, 6.45) is 0. The number of hydrogen-bond donors (Lipinski definition) is 2. The second kappa shape index (κ2) is 6.37. The molecule has 2 atom stereocenters. The van der Waals surface area contributed by atoms with Gasteiger partial charge in [0.1, 0.15) is 0 Å². The van der Waals surface area contributed by atoms with Crippen LogP contribution in [0.3, 0.4) is 0 Å². The minimum Gasteiger partial charge on any atom is -0.325 e. The van der Waals surface area contributed by atoms with E-state index in [2.05, 4.69) is 43.2 Å². The lowest BCUT2D eigenvalue weighted by molar-refractivity contribution is -0.118. The number of piperazine rings is 1. The van der Waals surface area contributed by atoms with Gasteiger partial charge in [-0.2, -0.15) is 0 Å². The highest BCUT2D eigenvalue weighted by Gasteiger charge is 2.23. The molecule has 2 unspecified atom stereocenters. The van der Waals surface area contributed by atoms with Crippen LogP contribution in [0, 0.1) is 13.8 Å². The average Bonchev–Trinajstić information content (AvgIpc) is 2.38. The molecule has 0 spiro atoms. The van der Waals surface area contributed by atoms with Gasteiger partial charge in [-0.05, 0) is 51.0 Å². The highest BCUT2D eigenvalue weighted by atomic mass is 16.2. The Labute approximate surface area is 121 Å². The number of rotatable bonds is 3. The summed E-state index contributed by atoms with van der Waals surface area (Å²) < 4.78 is 0. The van der Waals surface area contributed by atoms with Crippen molar-refractivity contribution in [2.75, 3.05) is 25.0 Å². The van der Waals surface area contributed by atoms with Crippen LogP contribution in [0.5, 0.6) is 0 Å². The van der Waals surface area contributed by atoms with Gasteiger partial charge in [0.15, 0.2) is 0 Å². The van der Waals surface area contributed by atoms with Crippen molar-refractivity contribution in [3.05, 3.63) is 29.3 Å². The first-order valence-electron chi connectivity index (χ1n) is 7.30. The Morgan fingerprint density at radius 3 is 2.80 bits per heavy atom. The van der Waals surface area contributed by atoms with Crippen molar-refractivity contribution in [1.82, 2.24) is 10.2 Å². The quantitative estimate of drug-likeness (QED) is 0.886. The smallest absolute Gasteiger partial charge is 0.238 e. The fourth-order valence-corrected chi connectivity index (χ4v) is 2.52. The zero-order valence-corrected chi connectivity index (χ0v) is 12.9. The number of nitrogens with zero attached hydrogens (tertiary/aromatic N) is 1. The van der Waals surface area contributed by atoms with Gasteiger partial charge in [-0.3, -0.25) is 9.69 Å². The lowest BCUT2D eigenvalue weighted by Crippen LogP contribution is -2.55. The molecule has 1 aromatic carbocycles. The van der Waals surface area contributed by atoms with Crippen molar-refractivity contribution in [2.45, 2.75) is 39.8 Å². The predicted molar refractivity (Wildman–Crippen MR) is 83.0 cm³/mol. The highest BCUT2D eigenvalue weighted by molar-refractivity contribution is 5.92. The molecule has 110 valence electrons.